The highest BCUT2D eigenvalue weighted by Gasteiger charge is 2.20. The molecular formula is C15H14ClNO2. The average Bonchev–Trinajstić information content (AvgIpc) is 2.41. The van der Waals surface area contributed by atoms with Crippen molar-refractivity contribution >= 4 is 11.6 Å². The van der Waals surface area contributed by atoms with Crippen molar-refractivity contribution < 1.29 is 9.47 Å². The summed E-state index contributed by atoms with van der Waals surface area (Å²) in [4.78, 5) is 0. The summed E-state index contributed by atoms with van der Waals surface area (Å²) >= 11 is 5.85. The van der Waals surface area contributed by atoms with Gasteiger partial charge in [-0.2, -0.15) is 0 Å². The van der Waals surface area contributed by atoms with Crippen molar-refractivity contribution in [3.05, 3.63) is 53.1 Å². The zero-order chi connectivity index (χ0) is 13.2. The van der Waals surface area contributed by atoms with Gasteiger partial charge < -0.3 is 15.2 Å². The Kier molecular flexibility index (Phi) is 3.32. The molecule has 0 saturated carbocycles. The second kappa shape index (κ2) is 5.11. The van der Waals surface area contributed by atoms with E-state index in [9.17, 15) is 0 Å². The van der Waals surface area contributed by atoms with Crippen molar-refractivity contribution in [2.24, 2.45) is 5.73 Å². The number of halogens is 1. The maximum atomic E-state index is 5.89. The van der Waals surface area contributed by atoms with E-state index < -0.39 is 0 Å². The molecule has 3 nitrogen and oxygen atoms in total. The minimum atomic E-state index is 0.0540. The summed E-state index contributed by atoms with van der Waals surface area (Å²) in [6, 6.07) is 13.2. The monoisotopic (exact) mass is 275 g/mol. The molecule has 1 aliphatic rings. The number of nitrogens with two attached hydrogens (primary N) is 1. The number of hydrogen-bond donors (Lipinski definition) is 1. The number of hydrogen-bond acceptors (Lipinski definition) is 3. The lowest BCUT2D eigenvalue weighted by Crippen LogP contribution is -2.33. The fraction of sp³-hybridized carbons (Fsp3) is 0.200. The molecule has 2 N–H and O–H groups in total. The summed E-state index contributed by atoms with van der Waals surface area (Å²) in [7, 11) is 0. The van der Waals surface area contributed by atoms with Crippen LogP contribution in [0.5, 0.6) is 17.2 Å². The number of rotatable bonds is 2. The first-order valence-corrected chi connectivity index (χ1v) is 6.54. The van der Waals surface area contributed by atoms with Crippen LogP contribution in [0.2, 0.25) is 5.02 Å². The van der Waals surface area contributed by atoms with Crippen molar-refractivity contribution in [3.63, 3.8) is 0 Å². The maximum Gasteiger partial charge on any atom is 0.169 e. The molecule has 98 valence electrons. The van der Waals surface area contributed by atoms with Gasteiger partial charge in [0.1, 0.15) is 12.4 Å². The molecule has 4 heteroatoms. The van der Waals surface area contributed by atoms with Gasteiger partial charge in [0.2, 0.25) is 0 Å². The summed E-state index contributed by atoms with van der Waals surface area (Å²) in [6.45, 7) is 0.522. The summed E-state index contributed by atoms with van der Waals surface area (Å²) in [5, 5.41) is 0.685. The fourth-order valence-electron chi connectivity index (χ4n) is 2.13. The summed E-state index contributed by atoms with van der Waals surface area (Å²) in [5.74, 6) is 2.24. The van der Waals surface area contributed by atoms with E-state index in [0.29, 0.717) is 17.4 Å². The van der Waals surface area contributed by atoms with Crippen LogP contribution in [0.15, 0.2) is 42.5 Å². The average molecular weight is 276 g/mol. The van der Waals surface area contributed by atoms with Crippen LogP contribution in [0.3, 0.4) is 0 Å². The van der Waals surface area contributed by atoms with Crippen molar-refractivity contribution in [1.29, 1.82) is 0 Å². The molecule has 0 radical (unpaired) electrons. The largest absolute Gasteiger partial charge is 0.488 e. The molecule has 19 heavy (non-hydrogen) atoms. The van der Waals surface area contributed by atoms with Gasteiger partial charge in [0, 0.05) is 11.1 Å². The van der Waals surface area contributed by atoms with Gasteiger partial charge in [0.15, 0.2) is 11.5 Å². The van der Waals surface area contributed by atoms with Crippen LogP contribution in [0.1, 0.15) is 5.56 Å². The highest BCUT2D eigenvalue weighted by atomic mass is 35.5. The van der Waals surface area contributed by atoms with Crippen LogP contribution in [0.4, 0.5) is 0 Å². The van der Waals surface area contributed by atoms with Crippen LogP contribution in [-0.4, -0.2) is 12.6 Å². The van der Waals surface area contributed by atoms with E-state index >= 15 is 0 Å². The van der Waals surface area contributed by atoms with Crippen LogP contribution in [-0.2, 0) is 6.42 Å². The Morgan fingerprint density at radius 2 is 1.95 bits per heavy atom. The lowest BCUT2D eigenvalue weighted by atomic mass is 10.0. The molecule has 1 atom stereocenters. The second-order valence-corrected chi connectivity index (χ2v) is 5.01. The third kappa shape index (κ3) is 2.67. The van der Waals surface area contributed by atoms with E-state index in [1.807, 2.05) is 30.3 Å². The van der Waals surface area contributed by atoms with Crippen molar-refractivity contribution in [2.75, 3.05) is 6.61 Å². The van der Waals surface area contributed by atoms with Gasteiger partial charge in [-0.15, -0.1) is 0 Å². The molecule has 0 spiro atoms. The van der Waals surface area contributed by atoms with E-state index in [-0.39, 0.29) is 6.04 Å². The Morgan fingerprint density at radius 1 is 1.16 bits per heavy atom. The van der Waals surface area contributed by atoms with Crippen molar-refractivity contribution in [2.45, 2.75) is 12.5 Å². The Labute approximate surface area is 116 Å². The zero-order valence-corrected chi connectivity index (χ0v) is 11.1. The Morgan fingerprint density at radius 3 is 2.74 bits per heavy atom. The van der Waals surface area contributed by atoms with E-state index in [4.69, 9.17) is 26.8 Å². The molecule has 1 aliphatic heterocycles. The Hall–Kier alpha value is -1.71. The first-order chi connectivity index (χ1) is 9.22. The molecule has 2 aromatic rings. The molecule has 0 aromatic heterocycles. The van der Waals surface area contributed by atoms with Crippen LogP contribution in [0, 0.1) is 0 Å². The quantitative estimate of drug-likeness (QED) is 0.914. The van der Waals surface area contributed by atoms with Crippen LogP contribution >= 0.6 is 11.6 Å². The van der Waals surface area contributed by atoms with Crippen LogP contribution in [0.25, 0.3) is 0 Å². The molecule has 3 rings (SSSR count). The number of ether oxygens (including phenoxy) is 2. The van der Waals surface area contributed by atoms with Gasteiger partial charge in [0.25, 0.3) is 0 Å². The van der Waals surface area contributed by atoms with Gasteiger partial charge >= 0.3 is 0 Å². The topological polar surface area (TPSA) is 44.5 Å². The molecular weight excluding hydrogens is 262 g/mol. The molecule has 0 aliphatic carbocycles. The lowest BCUT2D eigenvalue weighted by molar-refractivity contribution is 0.253. The minimum Gasteiger partial charge on any atom is -0.488 e. The molecule has 0 fully saturated rings. The number of benzene rings is 2. The molecule has 2 aromatic carbocycles. The zero-order valence-electron chi connectivity index (χ0n) is 10.3. The van der Waals surface area contributed by atoms with Gasteiger partial charge in [-0.3, -0.25) is 0 Å². The van der Waals surface area contributed by atoms with E-state index in [1.165, 1.54) is 0 Å². The predicted molar refractivity (Wildman–Crippen MR) is 75.1 cm³/mol. The highest BCUT2D eigenvalue weighted by molar-refractivity contribution is 6.30. The van der Waals surface area contributed by atoms with Gasteiger partial charge in [-0.05, 0) is 42.3 Å². The Balaban J connectivity index is 1.89. The third-order valence-electron chi connectivity index (χ3n) is 3.03. The summed E-state index contributed by atoms with van der Waals surface area (Å²) in [5.41, 5.74) is 6.98. The smallest absolute Gasteiger partial charge is 0.169 e. The highest BCUT2D eigenvalue weighted by Crippen LogP contribution is 2.37. The van der Waals surface area contributed by atoms with Gasteiger partial charge in [0.05, 0.1) is 0 Å². The van der Waals surface area contributed by atoms with E-state index in [0.717, 1.165) is 23.5 Å². The lowest BCUT2D eigenvalue weighted by Gasteiger charge is -2.24. The fourth-order valence-corrected chi connectivity index (χ4v) is 2.25. The summed E-state index contributed by atoms with van der Waals surface area (Å²) in [6.07, 6.45) is 0.813. The van der Waals surface area contributed by atoms with Gasteiger partial charge in [-0.25, -0.2) is 0 Å². The van der Waals surface area contributed by atoms with Crippen molar-refractivity contribution in [1.82, 2.24) is 0 Å². The normalized spacial score (nSPS) is 17.5. The molecule has 1 unspecified atom stereocenters. The van der Waals surface area contributed by atoms with E-state index in [2.05, 4.69) is 0 Å². The maximum absolute atomic E-state index is 5.89. The minimum absolute atomic E-state index is 0.0540. The second-order valence-electron chi connectivity index (χ2n) is 4.58. The first kappa shape index (κ1) is 12.3. The third-order valence-corrected chi connectivity index (χ3v) is 3.28. The molecule has 0 bridgehead atoms. The first-order valence-electron chi connectivity index (χ1n) is 6.16. The van der Waals surface area contributed by atoms with E-state index in [1.54, 1.807) is 12.1 Å². The van der Waals surface area contributed by atoms with Gasteiger partial charge in [-0.1, -0.05) is 23.7 Å². The predicted octanol–water partition coefficient (Wildman–Crippen LogP) is 3.39. The number of para-hydroxylation sites is 1. The summed E-state index contributed by atoms with van der Waals surface area (Å²) < 4.78 is 11.5. The SMILES string of the molecule is NC1COc2c(cccc2Oc2ccc(Cl)cc2)C1. The number of fused-ring (bicyclic) bond motifs is 1. The Bertz CT molecular complexity index is 583. The molecule has 1 heterocycles. The standard InChI is InChI=1S/C15H14ClNO2/c16-11-4-6-13(7-5-11)19-14-3-1-2-10-8-12(17)9-18-15(10)14/h1-7,12H,8-9,17H2. The van der Waals surface area contributed by atoms with Crippen LogP contribution < -0.4 is 15.2 Å². The molecule has 0 amide bonds. The molecule has 0 saturated heterocycles. The van der Waals surface area contributed by atoms with Crippen molar-refractivity contribution in [3.8, 4) is 17.2 Å².